The summed E-state index contributed by atoms with van der Waals surface area (Å²) in [6, 6.07) is 13.3. The molecule has 0 spiro atoms. The fourth-order valence-electron chi connectivity index (χ4n) is 1.81. The van der Waals surface area contributed by atoms with E-state index < -0.39 is 0 Å². The molecule has 2 aromatic rings. The summed E-state index contributed by atoms with van der Waals surface area (Å²) in [5.41, 5.74) is 2.69. The second-order valence-corrected chi connectivity index (χ2v) is 4.94. The van der Waals surface area contributed by atoms with Crippen molar-refractivity contribution in [3.63, 3.8) is 0 Å². The van der Waals surface area contributed by atoms with Crippen molar-refractivity contribution in [2.75, 3.05) is 19.1 Å². The van der Waals surface area contributed by atoms with Crippen molar-refractivity contribution in [1.29, 1.82) is 0 Å². The number of nitrogens with zero attached hydrogens (tertiary/aromatic N) is 1. The van der Waals surface area contributed by atoms with Crippen molar-refractivity contribution in [1.82, 2.24) is 0 Å². The van der Waals surface area contributed by atoms with Crippen molar-refractivity contribution < 1.29 is 9.53 Å². The number of rotatable bonds is 4. The van der Waals surface area contributed by atoms with Gasteiger partial charge in [-0.05, 0) is 58.4 Å². The summed E-state index contributed by atoms with van der Waals surface area (Å²) in [6.07, 6.45) is 0.835. The van der Waals surface area contributed by atoms with Crippen LogP contribution in [0.15, 0.2) is 46.9 Å². The third-order valence-corrected chi connectivity index (χ3v) is 3.56. The number of anilines is 2. The lowest BCUT2D eigenvalue weighted by molar-refractivity contribution is 0.112. The van der Waals surface area contributed by atoms with Crippen LogP contribution in [-0.4, -0.2) is 20.4 Å². The number of hydrogen-bond acceptors (Lipinski definition) is 3. The zero-order chi connectivity index (χ0) is 13.8. The second kappa shape index (κ2) is 5.89. The predicted molar refractivity (Wildman–Crippen MR) is 80.6 cm³/mol. The van der Waals surface area contributed by atoms with E-state index in [-0.39, 0.29) is 0 Å². The van der Waals surface area contributed by atoms with Crippen molar-refractivity contribution in [2.24, 2.45) is 0 Å². The highest BCUT2D eigenvalue weighted by atomic mass is 79.9. The molecular formula is C15H14BrNO2. The molecule has 0 heterocycles. The topological polar surface area (TPSA) is 29.5 Å². The third kappa shape index (κ3) is 2.96. The van der Waals surface area contributed by atoms with Gasteiger partial charge in [0.25, 0.3) is 0 Å². The van der Waals surface area contributed by atoms with E-state index in [2.05, 4.69) is 15.9 Å². The summed E-state index contributed by atoms with van der Waals surface area (Å²) in [4.78, 5) is 12.8. The van der Waals surface area contributed by atoms with Gasteiger partial charge in [-0.2, -0.15) is 0 Å². The molecule has 0 aromatic heterocycles. The minimum atomic E-state index is 0.652. The Hall–Kier alpha value is -1.81. The predicted octanol–water partition coefficient (Wildman–Crippen LogP) is 4.04. The quantitative estimate of drug-likeness (QED) is 0.796. The van der Waals surface area contributed by atoms with Crippen LogP contribution in [0.5, 0.6) is 5.75 Å². The molecule has 0 saturated heterocycles. The molecule has 0 aliphatic heterocycles. The number of ether oxygens (including phenoxy) is 1. The zero-order valence-electron chi connectivity index (χ0n) is 10.8. The lowest BCUT2D eigenvalue weighted by Gasteiger charge is -2.21. The molecule has 0 unspecified atom stereocenters. The van der Waals surface area contributed by atoms with Crippen LogP contribution in [0.25, 0.3) is 0 Å². The van der Waals surface area contributed by atoms with E-state index in [1.807, 2.05) is 48.3 Å². The summed E-state index contributed by atoms with van der Waals surface area (Å²) in [5.74, 6) is 0.826. The molecule has 0 bridgehead atoms. The number of halogens is 1. The minimum Gasteiger partial charge on any atom is -0.497 e. The van der Waals surface area contributed by atoms with Crippen LogP contribution >= 0.6 is 15.9 Å². The Bertz CT molecular complexity index is 581. The van der Waals surface area contributed by atoms with E-state index in [1.54, 1.807) is 13.2 Å². The molecule has 0 aliphatic carbocycles. The Balaban J connectivity index is 2.32. The van der Waals surface area contributed by atoms with Gasteiger partial charge in [-0.1, -0.05) is 0 Å². The summed E-state index contributed by atoms with van der Waals surface area (Å²) in [7, 11) is 3.62. The monoisotopic (exact) mass is 319 g/mol. The number of carbonyl (C=O) groups excluding carboxylic acids is 1. The first-order valence-electron chi connectivity index (χ1n) is 5.78. The van der Waals surface area contributed by atoms with Crippen molar-refractivity contribution in [2.45, 2.75) is 0 Å². The first-order chi connectivity index (χ1) is 9.15. The molecule has 3 nitrogen and oxygen atoms in total. The average Bonchev–Trinajstić information content (AvgIpc) is 2.46. The van der Waals surface area contributed by atoms with Gasteiger partial charge in [-0.25, -0.2) is 0 Å². The molecule has 2 rings (SSSR count). The Morgan fingerprint density at radius 1 is 1.16 bits per heavy atom. The van der Waals surface area contributed by atoms with E-state index in [1.165, 1.54) is 0 Å². The maximum atomic E-state index is 10.7. The van der Waals surface area contributed by atoms with E-state index in [9.17, 15) is 4.79 Å². The largest absolute Gasteiger partial charge is 0.497 e. The Morgan fingerprint density at radius 2 is 1.84 bits per heavy atom. The highest BCUT2D eigenvalue weighted by Crippen LogP contribution is 2.32. The Labute approximate surface area is 120 Å². The molecule has 98 valence electrons. The van der Waals surface area contributed by atoms with Gasteiger partial charge in [0, 0.05) is 22.8 Å². The standard InChI is InChI=1S/C15H14BrNO2/c1-17(12-4-6-13(19-2)7-5-12)15-8-3-11(10-18)9-14(15)16/h3-10H,1-2H3. The van der Waals surface area contributed by atoms with Gasteiger partial charge in [0.2, 0.25) is 0 Å². The molecule has 0 N–H and O–H groups in total. The van der Waals surface area contributed by atoms with Gasteiger partial charge in [-0.15, -0.1) is 0 Å². The fourth-order valence-corrected chi connectivity index (χ4v) is 2.48. The Kier molecular flexibility index (Phi) is 4.22. The summed E-state index contributed by atoms with van der Waals surface area (Å²) in [5, 5.41) is 0. The van der Waals surface area contributed by atoms with E-state index in [0.29, 0.717) is 5.56 Å². The van der Waals surface area contributed by atoms with Crippen molar-refractivity contribution in [3.8, 4) is 5.75 Å². The van der Waals surface area contributed by atoms with E-state index >= 15 is 0 Å². The van der Waals surface area contributed by atoms with Gasteiger partial charge in [0.15, 0.2) is 0 Å². The number of carbonyl (C=O) groups is 1. The van der Waals surface area contributed by atoms with Crippen LogP contribution < -0.4 is 9.64 Å². The lowest BCUT2D eigenvalue weighted by atomic mass is 10.2. The molecule has 0 fully saturated rings. The summed E-state index contributed by atoms with van der Waals surface area (Å²) in [6.45, 7) is 0. The SMILES string of the molecule is COc1ccc(N(C)c2ccc(C=O)cc2Br)cc1. The van der Waals surface area contributed by atoms with E-state index in [4.69, 9.17) is 4.74 Å². The minimum absolute atomic E-state index is 0.652. The molecule has 4 heteroatoms. The van der Waals surface area contributed by atoms with Gasteiger partial charge >= 0.3 is 0 Å². The first kappa shape index (κ1) is 13.6. The normalized spacial score (nSPS) is 10.1. The highest BCUT2D eigenvalue weighted by molar-refractivity contribution is 9.10. The molecule has 0 atom stereocenters. The number of methoxy groups -OCH3 is 1. The molecule has 2 aromatic carbocycles. The lowest BCUT2D eigenvalue weighted by Crippen LogP contribution is -2.10. The van der Waals surface area contributed by atoms with Crippen LogP contribution in [0.4, 0.5) is 11.4 Å². The van der Waals surface area contributed by atoms with Crippen molar-refractivity contribution in [3.05, 3.63) is 52.5 Å². The van der Waals surface area contributed by atoms with Crippen LogP contribution in [0.2, 0.25) is 0 Å². The van der Waals surface area contributed by atoms with Crippen LogP contribution in [0.3, 0.4) is 0 Å². The first-order valence-corrected chi connectivity index (χ1v) is 6.57. The smallest absolute Gasteiger partial charge is 0.150 e. The molecule has 0 radical (unpaired) electrons. The van der Waals surface area contributed by atoms with Crippen LogP contribution in [0.1, 0.15) is 10.4 Å². The fraction of sp³-hybridized carbons (Fsp3) is 0.133. The number of hydrogen-bond donors (Lipinski definition) is 0. The maximum Gasteiger partial charge on any atom is 0.150 e. The van der Waals surface area contributed by atoms with Gasteiger partial charge < -0.3 is 9.64 Å². The molecule has 0 saturated carbocycles. The second-order valence-electron chi connectivity index (χ2n) is 4.09. The average molecular weight is 320 g/mol. The summed E-state index contributed by atoms with van der Waals surface area (Å²) < 4.78 is 6.03. The van der Waals surface area contributed by atoms with Gasteiger partial charge in [-0.3, -0.25) is 4.79 Å². The third-order valence-electron chi connectivity index (χ3n) is 2.93. The summed E-state index contributed by atoms with van der Waals surface area (Å²) >= 11 is 3.49. The molecular weight excluding hydrogens is 306 g/mol. The molecule has 0 aliphatic rings. The Morgan fingerprint density at radius 3 is 2.37 bits per heavy atom. The van der Waals surface area contributed by atoms with Gasteiger partial charge in [0.05, 0.1) is 12.8 Å². The molecule has 19 heavy (non-hydrogen) atoms. The van der Waals surface area contributed by atoms with Gasteiger partial charge in [0.1, 0.15) is 12.0 Å². The maximum absolute atomic E-state index is 10.7. The zero-order valence-corrected chi connectivity index (χ0v) is 12.3. The number of benzene rings is 2. The highest BCUT2D eigenvalue weighted by Gasteiger charge is 2.08. The molecule has 0 amide bonds. The van der Waals surface area contributed by atoms with Crippen LogP contribution in [-0.2, 0) is 0 Å². The van der Waals surface area contributed by atoms with Crippen molar-refractivity contribution >= 4 is 33.6 Å². The number of aldehydes is 1. The van der Waals surface area contributed by atoms with E-state index in [0.717, 1.165) is 27.9 Å². The van der Waals surface area contributed by atoms with Crippen LogP contribution in [0, 0.1) is 0 Å².